The SMILES string of the molecule is O=C=Nc1ccccc1-c1ccsc1Sc1sccc1-c1ccccc1N=C=O. The van der Waals surface area contributed by atoms with Crippen molar-refractivity contribution >= 4 is 58.0 Å². The first-order chi connectivity index (χ1) is 14.3. The number of benzene rings is 2. The number of hydrogen-bond donors (Lipinski definition) is 0. The Labute approximate surface area is 179 Å². The van der Waals surface area contributed by atoms with Gasteiger partial charge in [0.15, 0.2) is 0 Å². The van der Waals surface area contributed by atoms with Crippen molar-refractivity contribution in [3.05, 3.63) is 71.4 Å². The lowest BCUT2D eigenvalue weighted by Gasteiger charge is -2.08. The summed E-state index contributed by atoms with van der Waals surface area (Å²) in [5.41, 5.74) is 5.02. The van der Waals surface area contributed by atoms with Crippen LogP contribution in [0.25, 0.3) is 22.3 Å². The van der Waals surface area contributed by atoms with Gasteiger partial charge in [-0.1, -0.05) is 48.2 Å². The van der Waals surface area contributed by atoms with Gasteiger partial charge in [0.2, 0.25) is 12.2 Å². The second kappa shape index (κ2) is 8.97. The molecule has 0 saturated heterocycles. The van der Waals surface area contributed by atoms with Crippen LogP contribution in [0.1, 0.15) is 0 Å². The van der Waals surface area contributed by atoms with E-state index in [9.17, 15) is 9.59 Å². The van der Waals surface area contributed by atoms with Crippen molar-refractivity contribution in [2.24, 2.45) is 9.98 Å². The molecule has 0 unspecified atom stereocenters. The predicted octanol–water partition coefficient (Wildman–Crippen LogP) is 7.23. The third-order valence-corrected chi connectivity index (χ3v) is 7.47. The molecule has 0 aliphatic heterocycles. The van der Waals surface area contributed by atoms with Crippen LogP contribution in [0, 0.1) is 0 Å². The van der Waals surface area contributed by atoms with E-state index in [0.717, 1.165) is 30.7 Å². The molecule has 0 saturated carbocycles. The molecule has 0 aliphatic rings. The number of rotatable bonds is 6. The van der Waals surface area contributed by atoms with Crippen molar-refractivity contribution < 1.29 is 9.59 Å². The Morgan fingerprint density at radius 3 is 1.52 bits per heavy atom. The number of isocyanates is 2. The molecule has 0 atom stereocenters. The van der Waals surface area contributed by atoms with E-state index >= 15 is 0 Å². The van der Waals surface area contributed by atoms with Gasteiger partial charge in [0.25, 0.3) is 0 Å². The maximum absolute atomic E-state index is 10.8. The van der Waals surface area contributed by atoms with Crippen LogP contribution in [-0.4, -0.2) is 12.2 Å². The molecule has 2 aromatic carbocycles. The molecule has 0 amide bonds. The molecule has 2 heterocycles. The van der Waals surface area contributed by atoms with Gasteiger partial charge < -0.3 is 0 Å². The molecule has 4 rings (SSSR count). The third-order valence-electron chi connectivity index (χ3n) is 4.17. The quantitative estimate of drug-likeness (QED) is 0.238. The van der Waals surface area contributed by atoms with Gasteiger partial charge in [0.1, 0.15) is 0 Å². The van der Waals surface area contributed by atoms with E-state index in [1.807, 2.05) is 59.3 Å². The first kappa shape index (κ1) is 19.3. The Morgan fingerprint density at radius 1 is 0.621 bits per heavy atom. The van der Waals surface area contributed by atoms with Crippen molar-refractivity contribution in [2.75, 3.05) is 0 Å². The topological polar surface area (TPSA) is 58.9 Å². The number of hydrogen-bond acceptors (Lipinski definition) is 7. The normalized spacial score (nSPS) is 10.2. The highest BCUT2D eigenvalue weighted by Crippen LogP contribution is 2.48. The van der Waals surface area contributed by atoms with Gasteiger partial charge in [-0.25, -0.2) is 9.59 Å². The molecule has 4 nitrogen and oxygen atoms in total. The molecule has 29 heavy (non-hydrogen) atoms. The van der Waals surface area contributed by atoms with E-state index in [-0.39, 0.29) is 0 Å². The van der Waals surface area contributed by atoms with Crippen LogP contribution in [0.5, 0.6) is 0 Å². The largest absolute Gasteiger partial charge is 0.240 e. The van der Waals surface area contributed by atoms with Crippen LogP contribution in [0.15, 0.2) is 89.8 Å². The van der Waals surface area contributed by atoms with E-state index < -0.39 is 0 Å². The minimum Gasteiger partial charge on any atom is -0.211 e. The summed E-state index contributed by atoms with van der Waals surface area (Å²) in [6.07, 6.45) is 3.26. The van der Waals surface area contributed by atoms with Gasteiger partial charge in [-0.05, 0) is 35.0 Å². The van der Waals surface area contributed by atoms with Crippen LogP contribution < -0.4 is 0 Å². The molecule has 2 aromatic heterocycles. The predicted molar refractivity (Wildman–Crippen MR) is 119 cm³/mol. The summed E-state index contributed by atoms with van der Waals surface area (Å²) in [7, 11) is 0. The molecule has 0 bridgehead atoms. The Balaban J connectivity index is 1.75. The summed E-state index contributed by atoms with van der Waals surface area (Å²) >= 11 is 4.92. The highest BCUT2D eigenvalue weighted by atomic mass is 32.2. The van der Waals surface area contributed by atoms with Crippen molar-refractivity contribution in [3.8, 4) is 22.3 Å². The average Bonchev–Trinajstić information content (AvgIpc) is 3.39. The third kappa shape index (κ3) is 4.05. The summed E-state index contributed by atoms with van der Waals surface area (Å²) in [4.78, 5) is 29.3. The van der Waals surface area contributed by atoms with Gasteiger partial charge in [0.05, 0.1) is 19.8 Å². The highest BCUT2D eigenvalue weighted by molar-refractivity contribution is 8.03. The van der Waals surface area contributed by atoms with Crippen LogP contribution >= 0.6 is 34.4 Å². The number of nitrogens with zero attached hydrogens (tertiary/aromatic N) is 2. The maximum Gasteiger partial charge on any atom is 0.240 e. The zero-order valence-corrected chi connectivity index (χ0v) is 17.3. The summed E-state index contributed by atoms with van der Waals surface area (Å²) < 4.78 is 2.19. The van der Waals surface area contributed by atoms with Crippen molar-refractivity contribution in [2.45, 2.75) is 8.42 Å². The molecule has 0 fully saturated rings. The minimum atomic E-state index is 0.597. The van der Waals surface area contributed by atoms with Crippen molar-refractivity contribution in [3.63, 3.8) is 0 Å². The molecule has 7 heteroatoms. The average molecular weight is 433 g/mol. The van der Waals surface area contributed by atoms with E-state index in [0.29, 0.717) is 11.4 Å². The Bertz CT molecular complexity index is 1160. The fourth-order valence-corrected chi connectivity index (χ4v) is 6.31. The van der Waals surface area contributed by atoms with E-state index in [2.05, 4.69) is 9.98 Å². The van der Waals surface area contributed by atoms with Crippen LogP contribution in [-0.2, 0) is 9.59 Å². The van der Waals surface area contributed by atoms with Gasteiger partial charge in [-0.2, -0.15) is 9.98 Å². The summed E-state index contributed by atoms with van der Waals surface area (Å²) in [5, 5.41) is 4.05. The number of aliphatic imine (C=N–C) groups is 2. The smallest absolute Gasteiger partial charge is 0.211 e. The first-order valence-corrected chi connectivity index (χ1v) is 11.1. The van der Waals surface area contributed by atoms with Crippen LogP contribution in [0.2, 0.25) is 0 Å². The molecule has 0 aliphatic carbocycles. The van der Waals surface area contributed by atoms with Crippen molar-refractivity contribution in [1.82, 2.24) is 0 Å². The zero-order chi connectivity index (χ0) is 20.1. The molecule has 0 N–H and O–H groups in total. The standard InChI is InChI=1S/C22H12N2O2S3/c25-13-23-19-7-3-1-5-15(19)17-9-11-27-21(17)29-22-18(10-12-28-22)16-6-2-4-8-20(16)24-14-26/h1-12H. The zero-order valence-electron chi connectivity index (χ0n) is 14.9. The summed E-state index contributed by atoms with van der Waals surface area (Å²) in [6, 6.07) is 19.1. The summed E-state index contributed by atoms with van der Waals surface area (Å²) in [6.45, 7) is 0. The van der Waals surface area contributed by atoms with Crippen molar-refractivity contribution in [1.29, 1.82) is 0 Å². The van der Waals surface area contributed by atoms with E-state index in [1.165, 1.54) is 0 Å². The summed E-state index contributed by atoms with van der Waals surface area (Å²) in [5.74, 6) is 0. The Hall–Kier alpha value is -3.05. The van der Waals surface area contributed by atoms with Gasteiger partial charge in [0, 0.05) is 22.3 Å². The number of para-hydroxylation sites is 2. The molecule has 4 aromatic rings. The maximum atomic E-state index is 10.8. The molecule has 0 radical (unpaired) electrons. The molecule has 140 valence electrons. The monoisotopic (exact) mass is 432 g/mol. The van der Waals surface area contributed by atoms with E-state index in [1.54, 1.807) is 58.7 Å². The molecular weight excluding hydrogens is 420 g/mol. The highest BCUT2D eigenvalue weighted by Gasteiger charge is 2.16. The Morgan fingerprint density at radius 2 is 1.07 bits per heavy atom. The fourth-order valence-electron chi connectivity index (χ4n) is 2.93. The number of carbonyl (C=O) groups excluding carboxylic acids is 2. The van der Waals surface area contributed by atoms with E-state index in [4.69, 9.17) is 0 Å². The fraction of sp³-hybridized carbons (Fsp3) is 0. The number of thiophene rings is 2. The lowest BCUT2D eigenvalue weighted by atomic mass is 10.1. The van der Waals surface area contributed by atoms with Gasteiger partial charge in [-0.3, -0.25) is 0 Å². The second-order valence-corrected chi connectivity index (χ2v) is 9.16. The van der Waals surface area contributed by atoms with Crippen LogP contribution in [0.4, 0.5) is 11.4 Å². The Kier molecular flexibility index (Phi) is 5.96. The minimum absolute atomic E-state index is 0.597. The lowest BCUT2D eigenvalue weighted by molar-refractivity contribution is 0.564. The molecule has 0 spiro atoms. The van der Waals surface area contributed by atoms with Crippen LogP contribution in [0.3, 0.4) is 0 Å². The van der Waals surface area contributed by atoms with Gasteiger partial charge in [-0.15, -0.1) is 22.7 Å². The molecular formula is C22H12N2O2S3. The first-order valence-electron chi connectivity index (χ1n) is 8.49. The second-order valence-electron chi connectivity index (χ2n) is 5.79. The van der Waals surface area contributed by atoms with Gasteiger partial charge >= 0.3 is 0 Å². The lowest BCUT2D eigenvalue weighted by Crippen LogP contribution is -1.80.